The molecule has 0 bridgehead atoms. The Morgan fingerprint density at radius 1 is 1.03 bits per heavy atom. The maximum Gasteiger partial charge on any atom is 0.345 e. The highest BCUT2D eigenvalue weighted by atomic mass is 35.5. The topological polar surface area (TPSA) is 117 Å². The van der Waals surface area contributed by atoms with Crippen LogP contribution < -0.4 is 14.8 Å². The Labute approximate surface area is 194 Å². The number of non-ortho nitro benzene ring substituents is 1. The van der Waals surface area contributed by atoms with E-state index in [0.29, 0.717) is 17.1 Å². The van der Waals surface area contributed by atoms with Gasteiger partial charge in [0.05, 0.1) is 22.7 Å². The summed E-state index contributed by atoms with van der Waals surface area (Å²) < 4.78 is 15.9. The highest BCUT2D eigenvalue weighted by Gasteiger charge is 2.26. The Hall–Kier alpha value is -4.11. The fourth-order valence-electron chi connectivity index (χ4n) is 2.80. The minimum absolute atomic E-state index is 0.0291. The summed E-state index contributed by atoms with van der Waals surface area (Å²) in [6.45, 7) is -0.429. The van der Waals surface area contributed by atoms with Gasteiger partial charge in [-0.1, -0.05) is 41.9 Å². The lowest BCUT2D eigenvalue weighted by Gasteiger charge is -2.18. The zero-order chi connectivity index (χ0) is 23.8. The largest absolute Gasteiger partial charge is 0.497 e. The smallest absolute Gasteiger partial charge is 0.345 e. The summed E-state index contributed by atoms with van der Waals surface area (Å²) in [4.78, 5) is 35.6. The van der Waals surface area contributed by atoms with Gasteiger partial charge in [0.2, 0.25) is 6.10 Å². The van der Waals surface area contributed by atoms with E-state index in [0.717, 1.165) is 6.07 Å². The number of rotatable bonds is 9. The number of ether oxygens (including phenoxy) is 3. The van der Waals surface area contributed by atoms with Crippen molar-refractivity contribution in [2.24, 2.45) is 0 Å². The summed E-state index contributed by atoms with van der Waals surface area (Å²) in [5.74, 6) is -0.402. The molecule has 0 spiro atoms. The molecule has 0 aliphatic heterocycles. The van der Waals surface area contributed by atoms with E-state index in [1.54, 1.807) is 54.6 Å². The second kappa shape index (κ2) is 11.0. The third-order valence-electron chi connectivity index (χ3n) is 4.43. The standard InChI is InChI=1S/C23H19ClN2O7/c1-31-17-8-10-18(11-9-17)32-14-21(27)33-22(15-5-3-2-4-6-15)23(28)25-20-12-7-16(26(29)30)13-19(20)24/h2-13,22H,14H2,1H3,(H,25,28). The maximum absolute atomic E-state index is 12.9. The molecule has 0 saturated heterocycles. The van der Waals surface area contributed by atoms with Crippen LogP contribution in [0, 0.1) is 10.1 Å². The van der Waals surface area contributed by atoms with Crippen molar-refractivity contribution >= 4 is 34.9 Å². The Morgan fingerprint density at radius 3 is 2.30 bits per heavy atom. The number of halogens is 1. The molecule has 3 aromatic carbocycles. The lowest BCUT2D eigenvalue weighted by Crippen LogP contribution is -2.28. The van der Waals surface area contributed by atoms with Crippen LogP contribution in [0.4, 0.5) is 11.4 Å². The molecule has 9 nitrogen and oxygen atoms in total. The molecule has 10 heteroatoms. The Balaban J connectivity index is 1.71. The number of anilines is 1. The quantitative estimate of drug-likeness (QED) is 0.277. The summed E-state index contributed by atoms with van der Waals surface area (Å²) in [6.07, 6.45) is -1.30. The number of carbonyl (C=O) groups excluding carboxylic acids is 2. The third kappa shape index (κ3) is 6.44. The molecule has 1 N–H and O–H groups in total. The van der Waals surface area contributed by atoms with Crippen molar-refractivity contribution in [2.75, 3.05) is 19.0 Å². The molecule has 1 atom stereocenters. The van der Waals surface area contributed by atoms with Gasteiger partial charge in [-0.25, -0.2) is 4.79 Å². The fourth-order valence-corrected chi connectivity index (χ4v) is 3.02. The first-order chi connectivity index (χ1) is 15.9. The number of esters is 1. The molecule has 3 aromatic rings. The molecule has 1 amide bonds. The van der Waals surface area contributed by atoms with Crippen LogP contribution in [0.3, 0.4) is 0 Å². The molecule has 0 fully saturated rings. The predicted molar refractivity (Wildman–Crippen MR) is 121 cm³/mol. The normalized spacial score (nSPS) is 11.2. The summed E-state index contributed by atoms with van der Waals surface area (Å²) in [5.41, 5.74) is 0.337. The summed E-state index contributed by atoms with van der Waals surface area (Å²) in [7, 11) is 1.53. The van der Waals surface area contributed by atoms with Gasteiger partial charge in [-0.2, -0.15) is 0 Å². The van der Waals surface area contributed by atoms with Crippen molar-refractivity contribution in [3.8, 4) is 11.5 Å². The summed E-state index contributed by atoms with van der Waals surface area (Å²) in [6, 6.07) is 18.6. The highest BCUT2D eigenvalue weighted by Crippen LogP contribution is 2.28. The number of benzene rings is 3. The average Bonchev–Trinajstić information content (AvgIpc) is 2.83. The monoisotopic (exact) mass is 470 g/mol. The molecule has 0 saturated carbocycles. The van der Waals surface area contributed by atoms with Crippen molar-refractivity contribution in [1.82, 2.24) is 0 Å². The number of amides is 1. The second-order valence-corrected chi connectivity index (χ2v) is 7.06. The molecule has 0 aliphatic carbocycles. The van der Waals surface area contributed by atoms with Crippen molar-refractivity contribution < 1.29 is 28.7 Å². The van der Waals surface area contributed by atoms with Crippen LogP contribution in [0.5, 0.6) is 11.5 Å². The number of methoxy groups -OCH3 is 1. The second-order valence-electron chi connectivity index (χ2n) is 6.66. The van der Waals surface area contributed by atoms with Crippen LogP contribution in [-0.4, -0.2) is 30.5 Å². The van der Waals surface area contributed by atoms with Crippen LogP contribution in [0.2, 0.25) is 5.02 Å². The van der Waals surface area contributed by atoms with Gasteiger partial charge in [-0.05, 0) is 30.3 Å². The lowest BCUT2D eigenvalue weighted by atomic mass is 10.1. The van der Waals surface area contributed by atoms with Gasteiger partial charge in [0.1, 0.15) is 11.5 Å². The molecule has 170 valence electrons. The number of nitro groups is 1. The molecule has 0 radical (unpaired) electrons. The third-order valence-corrected chi connectivity index (χ3v) is 4.74. The van der Waals surface area contributed by atoms with Gasteiger partial charge in [0, 0.05) is 17.7 Å². The minimum Gasteiger partial charge on any atom is -0.497 e. The maximum atomic E-state index is 12.9. The van der Waals surface area contributed by atoms with Crippen LogP contribution in [0.1, 0.15) is 11.7 Å². The number of nitrogens with zero attached hydrogens (tertiary/aromatic N) is 1. The van der Waals surface area contributed by atoms with Crippen LogP contribution in [0.25, 0.3) is 0 Å². The fraction of sp³-hybridized carbons (Fsp3) is 0.130. The SMILES string of the molecule is COc1ccc(OCC(=O)OC(C(=O)Nc2ccc([N+](=O)[O-])cc2Cl)c2ccccc2)cc1. The van der Waals surface area contributed by atoms with Gasteiger partial charge in [0.15, 0.2) is 6.61 Å². The number of carbonyl (C=O) groups is 2. The van der Waals surface area contributed by atoms with Gasteiger partial charge >= 0.3 is 5.97 Å². The Morgan fingerprint density at radius 2 is 1.70 bits per heavy atom. The highest BCUT2D eigenvalue weighted by molar-refractivity contribution is 6.34. The zero-order valence-electron chi connectivity index (χ0n) is 17.4. The van der Waals surface area contributed by atoms with Crippen molar-refractivity contribution in [1.29, 1.82) is 0 Å². The number of nitrogens with one attached hydrogen (secondary N) is 1. The summed E-state index contributed by atoms with van der Waals surface area (Å²) in [5, 5.41) is 13.4. The molecule has 3 rings (SSSR count). The van der Waals surface area contributed by atoms with Gasteiger partial charge in [-0.15, -0.1) is 0 Å². The Kier molecular flexibility index (Phi) is 7.82. The number of hydrogen-bond donors (Lipinski definition) is 1. The molecule has 0 aromatic heterocycles. The predicted octanol–water partition coefficient (Wildman–Crippen LogP) is 4.56. The molecular weight excluding hydrogens is 452 g/mol. The van der Waals surface area contributed by atoms with E-state index in [9.17, 15) is 19.7 Å². The van der Waals surface area contributed by atoms with Gasteiger partial charge < -0.3 is 19.5 Å². The van der Waals surface area contributed by atoms with Crippen LogP contribution >= 0.6 is 11.6 Å². The summed E-state index contributed by atoms with van der Waals surface area (Å²) >= 11 is 6.06. The van der Waals surface area contributed by atoms with Gasteiger partial charge in [0.25, 0.3) is 11.6 Å². The van der Waals surface area contributed by atoms with E-state index >= 15 is 0 Å². The minimum atomic E-state index is -1.30. The molecule has 1 unspecified atom stereocenters. The Bertz CT molecular complexity index is 1140. The molecule has 0 aliphatic rings. The first-order valence-corrected chi connectivity index (χ1v) is 10.0. The van der Waals surface area contributed by atoms with E-state index < -0.39 is 29.5 Å². The van der Waals surface area contributed by atoms with Crippen LogP contribution in [-0.2, 0) is 14.3 Å². The van der Waals surface area contributed by atoms with E-state index in [2.05, 4.69) is 5.32 Å². The van der Waals surface area contributed by atoms with Crippen molar-refractivity contribution in [2.45, 2.75) is 6.10 Å². The first-order valence-electron chi connectivity index (χ1n) is 9.63. The molecule has 0 heterocycles. The van der Waals surface area contributed by atoms with Crippen molar-refractivity contribution in [3.05, 3.63) is 93.5 Å². The van der Waals surface area contributed by atoms with Crippen molar-refractivity contribution in [3.63, 3.8) is 0 Å². The molecule has 33 heavy (non-hydrogen) atoms. The number of hydrogen-bond acceptors (Lipinski definition) is 7. The average molecular weight is 471 g/mol. The van der Waals surface area contributed by atoms with Gasteiger partial charge in [-0.3, -0.25) is 14.9 Å². The van der Waals surface area contributed by atoms with E-state index in [-0.39, 0.29) is 16.4 Å². The molecular formula is C23H19ClN2O7. The first kappa shape index (κ1) is 23.6. The van der Waals surface area contributed by atoms with E-state index in [1.807, 2.05) is 0 Å². The number of nitro benzene ring substituents is 1. The van der Waals surface area contributed by atoms with Crippen LogP contribution in [0.15, 0.2) is 72.8 Å². The lowest BCUT2D eigenvalue weighted by molar-refractivity contribution is -0.384. The van der Waals surface area contributed by atoms with E-state index in [1.165, 1.54) is 19.2 Å². The zero-order valence-corrected chi connectivity index (χ0v) is 18.2. The van der Waals surface area contributed by atoms with E-state index in [4.69, 9.17) is 25.8 Å².